The number of nitrogens with one attached hydrogen (secondary N) is 2. The number of benzene rings is 2. The standard InChI is InChI=1S/C30H35N5O2/c1-30(2,3)28-17-23(19-34(28)4)32-29(36)33-27-12-11-24(25-7-5-6-8-26(25)27)21-9-10-22(31-18-21)20-35-13-15-37-16-14-35/h5-12,17-19H,13-16,20H2,1-4H3,(H2,32,33,36). The molecule has 37 heavy (non-hydrogen) atoms. The minimum Gasteiger partial charge on any atom is -0.379 e. The maximum absolute atomic E-state index is 12.9. The molecule has 2 N–H and O–H groups in total. The van der Waals surface area contributed by atoms with Crippen molar-refractivity contribution in [2.45, 2.75) is 32.7 Å². The molecule has 3 heterocycles. The van der Waals surface area contributed by atoms with Gasteiger partial charge in [-0.15, -0.1) is 0 Å². The number of pyridine rings is 1. The van der Waals surface area contributed by atoms with E-state index in [-0.39, 0.29) is 11.4 Å². The van der Waals surface area contributed by atoms with Gasteiger partial charge in [0.1, 0.15) is 0 Å². The van der Waals surface area contributed by atoms with Crippen molar-refractivity contribution in [1.29, 1.82) is 0 Å². The molecule has 0 saturated carbocycles. The highest BCUT2D eigenvalue weighted by Gasteiger charge is 2.19. The van der Waals surface area contributed by atoms with Crippen molar-refractivity contribution in [3.63, 3.8) is 0 Å². The van der Waals surface area contributed by atoms with Crippen LogP contribution in [0, 0.1) is 0 Å². The highest BCUT2D eigenvalue weighted by atomic mass is 16.5. The molecule has 7 nitrogen and oxygen atoms in total. The first-order valence-electron chi connectivity index (χ1n) is 12.8. The molecule has 0 bridgehead atoms. The smallest absolute Gasteiger partial charge is 0.323 e. The summed E-state index contributed by atoms with van der Waals surface area (Å²) in [5.74, 6) is 0. The summed E-state index contributed by atoms with van der Waals surface area (Å²) >= 11 is 0. The number of rotatable bonds is 5. The molecule has 0 spiro atoms. The number of morpholine rings is 1. The number of hydrogen-bond donors (Lipinski definition) is 2. The Bertz CT molecular complexity index is 1400. The maximum atomic E-state index is 12.9. The molecule has 2 aromatic heterocycles. The van der Waals surface area contributed by atoms with Crippen molar-refractivity contribution >= 4 is 28.2 Å². The molecule has 1 fully saturated rings. The number of ether oxygens (including phenoxy) is 1. The number of hydrogen-bond acceptors (Lipinski definition) is 4. The summed E-state index contributed by atoms with van der Waals surface area (Å²) in [6, 6.07) is 18.1. The molecule has 0 aliphatic carbocycles. The van der Waals surface area contributed by atoms with Crippen molar-refractivity contribution < 1.29 is 9.53 Å². The number of carbonyl (C=O) groups excluding carboxylic acids is 1. The normalized spacial score (nSPS) is 14.6. The Morgan fingerprint density at radius 2 is 1.76 bits per heavy atom. The third-order valence-corrected chi connectivity index (χ3v) is 6.83. The van der Waals surface area contributed by atoms with Crippen LogP contribution in [-0.2, 0) is 23.7 Å². The van der Waals surface area contributed by atoms with E-state index in [0.717, 1.165) is 77.5 Å². The minimum absolute atomic E-state index is 0.00719. The predicted molar refractivity (Wildman–Crippen MR) is 150 cm³/mol. The van der Waals surface area contributed by atoms with Gasteiger partial charge in [0.25, 0.3) is 0 Å². The Morgan fingerprint density at radius 1 is 1.00 bits per heavy atom. The molecule has 2 amide bonds. The van der Waals surface area contributed by atoms with Gasteiger partial charge in [-0.05, 0) is 29.1 Å². The third kappa shape index (κ3) is 5.68. The van der Waals surface area contributed by atoms with Crippen molar-refractivity contribution in [3.8, 4) is 11.1 Å². The zero-order valence-electron chi connectivity index (χ0n) is 22.0. The van der Waals surface area contributed by atoms with E-state index < -0.39 is 0 Å². The molecule has 0 radical (unpaired) electrons. The summed E-state index contributed by atoms with van der Waals surface area (Å²) < 4.78 is 7.50. The summed E-state index contributed by atoms with van der Waals surface area (Å²) in [6.07, 6.45) is 3.89. The molecule has 1 aliphatic rings. The zero-order chi connectivity index (χ0) is 26.0. The molecule has 0 atom stereocenters. The van der Waals surface area contributed by atoms with Gasteiger partial charge in [0.2, 0.25) is 0 Å². The van der Waals surface area contributed by atoms with Gasteiger partial charge in [0, 0.05) is 61.1 Å². The summed E-state index contributed by atoms with van der Waals surface area (Å²) in [7, 11) is 2.00. The van der Waals surface area contributed by atoms with E-state index in [2.05, 4.69) is 65.1 Å². The van der Waals surface area contributed by atoms with Crippen molar-refractivity contribution in [1.82, 2.24) is 14.5 Å². The van der Waals surface area contributed by atoms with E-state index in [4.69, 9.17) is 9.72 Å². The Balaban J connectivity index is 1.34. The number of amides is 2. The Kier molecular flexibility index (Phi) is 7.00. The van der Waals surface area contributed by atoms with Crippen LogP contribution in [0.3, 0.4) is 0 Å². The van der Waals surface area contributed by atoms with Crippen LogP contribution < -0.4 is 10.6 Å². The summed E-state index contributed by atoms with van der Waals surface area (Å²) in [5, 5.41) is 8.07. The van der Waals surface area contributed by atoms with E-state index in [9.17, 15) is 4.79 Å². The molecule has 192 valence electrons. The average molecular weight is 498 g/mol. The van der Waals surface area contributed by atoms with Gasteiger partial charge in [0.05, 0.1) is 30.3 Å². The fourth-order valence-electron chi connectivity index (χ4n) is 4.99. The largest absolute Gasteiger partial charge is 0.379 e. The first-order valence-corrected chi connectivity index (χ1v) is 12.8. The van der Waals surface area contributed by atoms with Crippen LogP contribution in [0.4, 0.5) is 16.2 Å². The number of aromatic nitrogens is 2. The predicted octanol–water partition coefficient (Wildman–Crippen LogP) is 6.01. The van der Waals surface area contributed by atoms with Crippen LogP contribution in [0.2, 0.25) is 0 Å². The van der Waals surface area contributed by atoms with Crippen molar-refractivity contribution in [2.75, 3.05) is 36.9 Å². The highest BCUT2D eigenvalue weighted by molar-refractivity contribution is 6.09. The van der Waals surface area contributed by atoms with Gasteiger partial charge in [-0.1, -0.05) is 57.2 Å². The molecule has 1 saturated heterocycles. The molecular weight excluding hydrogens is 462 g/mol. The number of carbonyl (C=O) groups is 1. The van der Waals surface area contributed by atoms with E-state index in [0.29, 0.717) is 0 Å². The number of anilines is 2. The van der Waals surface area contributed by atoms with Crippen molar-refractivity contribution in [3.05, 3.63) is 78.4 Å². The van der Waals surface area contributed by atoms with Gasteiger partial charge < -0.3 is 19.9 Å². The third-order valence-electron chi connectivity index (χ3n) is 6.83. The van der Waals surface area contributed by atoms with E-state index in [1.54, 1.807) is 0 Å². The fourth-order valence-corrected chi connectivity index (χ4v) is 4.99. The van der Waals surface area contributed by atoms with Crippen LogP contribution in [0.15, 0.2) is 67.0 Å². The van der Waals surface area contributed by atoms with E-state index in [1.165, 1.54) is 0 Å². The number of urea groups is 1. The van der Waals surface area contributed by atoms with Crippen LogP contribution in [0.1, 0.15) is 32.2 Å². The van der Waals surface area contributed by atoms with Gasteiger partial charge in [-0.3, -0.25) is 9.88 Å². The molecule has 1 aliphatic heterocycles. The Labute approximate surface area is 218 Å². The monoisotopic (exact) mass is 497 g/mol. The zero-order valence-corrected chi connectivity index (χ0v) is 22.0. The quantitative estimate of drug-likeness (QED) is 0.354. The lowest BCUT2D eigenvalue weighted by atomic mass is 9.92. The Hall–Kier alpha value is -3.68. The lowest BCUT2D eigenvalue weighted by Crippen LogP contribution is -2.35. The maximum Gasteiger partial charge on any atom is 0.323 e. The topological polar surface area (TPSA) is 71.4 Å². The van der Waals surface area contributed by atoms with Crippen LogP contribution in [0.5, 0.6) is 0 Å². The van der Waals surface area contributed by atoms with Gasteiger partial charge in [0.15, 0.2) is 0 Å². The second-order valence-electron chi connectivity index (χ2n) is 10.7. The molecule has 0 unspecified atom stereocenters. The van der Waals surface area contributed by atoms with Crippen molar-refractivity contribution in [2.24, 2.45) is 7.05 Å². The number of fused-ring (bicyclic) bond motifs is 1. The first-order chi connectivity index (χ1) is 17.8. The molecule has 7 heteroatoms. The van der Waals surface area contributed by atoms with Crippen LogP contribution in [-0.4, -0.2) is 46.8 Å². The van der Waals surface area contributed by atoms with Crippen LogP contribution in [0.25, 0.3) is 21.9 Å². The first kappa shape index (κ1) is 25.0. The average Bonchev–Trinajstić information content (AvgIpc) is 3.26. The lowest BCUT2D eigenvalue weighted by molar-refractivity contribution is 0.0336. The van der Waals surface area contributed by atoms with Gasteiger partial charge in [-0.25, -0.2) is 4.79 Å². The Morgan fingerprint density at radius 3 is 2.43 bits per heavy atom. The molecule has 2 aromatic carbocycles. The van der Waals surface area contributed by atoms with E-state index in [1.807, 2.05) is 49.8 Å². The fraction of sp³-hybridized carbons (Fsp3) is 0.333. The van der Waals surface area contributed by atoms with E-state index >= 15 is 0 Å². The summed E-state index contributed by atoms with van der Waals surface area (Å²) in [5.41, 5.74) is 5.88. The molecule has 5 rings (SSSR count). The summed E-state index contributed by atoms with van der Waals surface area (Å²) in [6.45, 7) is 10.8. The number of aryl methyl sites for hydroxylation is 1. The summed E-state index contributed by atoms with van der Waals surface area (Å²) in [4.78, 5) is 20.0. The highest BCUT2D eigenvalue weighted by Crippen LogP contribution is 2.33. The minimum atomic E-state index is -0.266. The van der Waals surface area contributed by atoms with Gasteiger partial charge in [-0.2, -0.15) is 0 Å². The molecular formula is C30H35N5O2. The SMILES string of the molecule is Cn1cc(NC(=O)Nc2ccc(-c3ccc(CN4CCOCC4)nc3)c3ccccc23)cc1C(C)(C)C. The lowest BCUT2D eigenvalue weighted by Gasteiger charge is -2.26. The molecule has 4 aromatic rings. The number of nitrogens with zero attached hydrogens (tertiary/aromatic N) is 3. The van der Waals surface area contributed by atoms with Gasteiger partial charge >= 0.3 is 6.03 Å². The second kappa shape index (κ2) is 10.4. The van der Waals surface area contributed by atoms with Crippen LogP contribution >= 0.6 is 0 Å². The second-order valence-corrected chi connectivity index (χ2v) is 10.7.